The number of halogens is 1. The van der Waals surface area contributed by atoms with Gasteiger partial charge in [0, 0.05) is 40.4 Å². The van der Waals surface area contributed by atoms with Crippen LogP contribution < -0.4 is 5.32 Å². The van der Waals surface area contributed by atoms with E-state index in [1.807, 2.05) is 52.2 Å². The van der Waals surface area contributed by atoms with E-state index in [0.29, 0.717) is 39.3 Å². The summed E-state index contributed by atoms with van der Waals surface area (Å²) in [4.78, 5) is 23.2. The number of aryl methyl sites for hydroxylation is 1. The molecular weight excluding hydrogens is 460 g/mol. The third kappa shape index (κ3) is 4.24. The van der Waals surface area contributed by atoms with Gasteiger partial charge in [0.2, 0.25) is 5.91 Å². The highest BCUT2D eigenvalue weighted by molar-refractivity contribution is 9.10. The van der Waals surface area contributed by atoms with E-state index in [9.17, 15) is 4.79 Å². The fourth-order valence-electron chi connectivity index (χ4n) is 3.78. The summed E-state index contributed by atoms with van der Waals surface area (Å²) in [6.45, 7) is 3.07. The second kappa shape index (κ2) is 8.60. The molecule has 0 atom stereocenters. The van der Waals surface area contributed by atoms with Crippen molar-refractivity contribution in [2.24, 2.45) is 0 Å². The molecule has 1 amide bonds. The van der Waals surface area contributed by atoms with Crippen molar-refractivity contribution in [3.05, 3.63) is 53.4 Å². The van der Waals surface area contributed by atoms with E-state index in [1.54, 1.807) is 6.33 Å². The second-order valence-corrected chi connectivity index (χ2v) is 8.31. The van der Waals surface area contributed by atoms with E-state index in [4.69, 9.17) is 4.74 Å². The van der Waals surface area contributed by atoms with Crippen molar-refractivity contribution in [3.63, 3.8) is 0 Å². The zero-order chi connectivity index (χ0) is 21.2. The van der Waals surface area contributed by atoms with Gasteiger partial charge in [-0.2, -0.15) is 5.10 Å². The minimum atomic E-state index is 0.135. The third-order valence-corrected chi connectivity index (χ3v) is 5.88. The summed E-state index contributed by atoms with van der Waals surface area (Å²) >= 11 is 3.49. The lowest BCUT2D eigenvalue weighted by Crippen LogP contribution is -2.41. The number of nitrogens with one attached hydrogen (secondary N) is 1. The predicted octanol–water partition coefficient (Wildman–Crippen LogP) is 3.73. The van der Waals surface area contributed by atoms with Crippen LogP contribution >= 0.6 is 15.9 Å². The maximum atomic E-state index is 12.5. The first-order chi connectivity index (χ1) is 15.2. The summed E-state index contributed by atoms with van der Waals surface area (Å²) in [6.07, 6.45) is 3.79. The standard InChI is InChI=1S/C22H21BrN6O2/c23-16-2-1-3-17(11-16)27-22-18-10-15-13-26-29(20(15)12-19(18)24-14-25-22)5-4-21(30)28-6-8-31-9-7-28/h1-3,10-14H,4-9H2,(H,24,25,27). The number of ether oxygens (including phenoxy) is 1. The Morgan fingerprint density at radius 3 is 2.87 bits per heavy atom. The van der Waals surface area contributed by atoms with Gasteiger partial charge in [0.15, 0.2) is 0 Å². The molecule has 3 heterocycles. The van der Waals surface area contributed by atoms with Gasteiger partial charge in [-0.15, -0.1) is 0 Å². The van der Waals surface area contributed by atoms with Crippen LogP contribution in [0, 0.1) is 0 Å². The van der Waals surface area contributed by atoms with Gasteiger partial charge in [-0.3, -0.25) is 9.48 Å². The molecule has 1 N–H and O–H groups in total. The van der Waals surface area contributed by atoms with Gasteiger partial charge < -0.3 is 15.0 Å². The minimum Gasteiger partial charge on any atom is -0.378 e. The fraction of sp³-hybridized carbons (Fsp3) is 0.273. The predicted molar refractivity (Wildman–Crippen MR) is 122 cm³/mol. The van der Waals surface area contributed by atoms with Gasteiger partial charge in [-0.1, -0.05) is 22.0 Å². The van der Waals surface area contributed by atoms with Crippen molar-refractivity contribution in [1.82, 2.24) is 24.6 Å². The largest absolute Gasteiger partial charge is 0.378 e. The maximum absolute atomic E-state index is 12.5. The van der Waals surface area contributed by atoms with Crippen molar-refractivity contribution >= 4 is 55.1 Å². The molecule has 9 heteroatoms. The van der Waals surface area contributed by atoms with Crippen LogP contribution in [0.15, 0.2) is 53.4 Å². The Labute approximate surface area is 187 Å². The molecule has 2 aromatic carbocycles. The van der Waals surface area contributed by atoms with Gasteiger partial charge >= 0.3 is 0 Å². The SMILES string of the molecule is O=C(CCn1ncc2cc3c(Nc4cccc(Br)c4)ncnc3cc21)N1CCOCC1. The molecule has 4 aromatic rings. The number of morpholine rings is 1. The number of fused-ring (bicyclic) bond motifs is 2. The number of rotatable bonds is 5. The molecule has 0 radical (unpaired) electrons. The molecule has 0 spiro atoms. The molecule has 8 nitrogen and oxygen atoms in total. The van der Waals surface area contributed by atoms with E-state index >= 15 is 0 Å². The highest BCUT2D eigenvalue weighted by atomic mass is 79.9. The average Bonchev–Trinajstić information content (AvgIpc) is 3.19. The van der Waals surface area contributed by atoms with Gasteiger partial charge in [-0.25, -0.2) is 9.97 Å². The van der Waals surface area contributed by atoms with Gasteiger partial charge in [0.25, 0.3) is 0 Å². The Balaban J connectivity index is 1.40. The van der Waals surface area contributed by atoms with Crippen LogP contribution in [-0.4, -0.2) is 56.9 Å². The minimum absolute atomic E-state index is 0.135. The summed E-state index contributed by atoms with van der Waals surface area (Å²) in [5.41, 5.74) is 2.71. The zero-order valence-corrected chi connectivity index (χ0v) is 18.4. The number of carbonyl (C=O) groups excluding carboxylic acids is 1. The average molecular weight is 481 g/mol. The molecule has 0 aliphatic carbocycles. The van der Waals surface area contributed by atoms with Crippen LogP contribution in [0.5, 0.6) is 0 Å². The highest BCUT2D eigenvalue weighted by Crippen LogP contribution is 2.28. The molecule has 0 saturated carbocycles. The molecule has 31 heavy (non-hydrogen) atoms. The molecule has 1 fully saturated rings. The molecular formula is C22H21BrN6O2. The topological polar surface area (TPSA) is 85.2 Å². The Kier molecular flexibility index (Phi) is 5.52. The van der Waals surface area contributed by atoms with Crippen molar-refractivity contribution in [2.45, 2.75) is 13.0 Å². The monoisotopic (exact) mass is 480 g/mol. The number of carbonyl (C=O) groups is 1. The number of hydrogen-bond donors (Lipinski definition) is 1. The highest BCUT2D eigenvalue weighted by Gasteiger charge is 2.17. The summed E-state index contributed by atoms with van der Waals surface area (Å²) in [5, 5.41) is 9.77. The van der Waals surface area contributed by atoms with Gasteiger partial charge in [-0.05, 0) is 30.3 Å². The summed E-state index contributed by atoms with van der Waals surface area (Å²) < 4.78 is 8.18. The lowest BCUT2D eigenvalue weighted by Gasteiger charge is -2.26. The van der Waals surface area contributed by atoms with Crippen molar-refractivity contribution in [2.75, 3.05) is 31.6 Å². The Morgan fingerprint density at radius 1 is 1.16 bits per heavy atom. The van der Waals surface area contributed by atoms with Crippen LogP contribution in [0.4, 0.5) is 11.5 Å². The lowest BCUT2D eigenvalue weighted by molar-refractivity contribution is -0.135. The summed E-state index contributed by atoms with van der Waals surface area (Å²) in [5.74, 6) is 0.871. The molecule has 1 aliphatic rings. The number of benzene rings is 2. The van der Waals surface area contributed by atoms with E-state index in [-0.39, 0.29) is 5.91 Å². The van der Waals surface area contributed by atoms with Crippen molar-refractivity contribution < 1.29 is 9.53 Å². The van der Waals surface area contributed by atoms with Gasteiger partial charge in [0.05, 0.1) is 37.0 Å². The second-order valence-electron chi connectivity index (χ2n) is 7.40. The van der Waals surface area contributed by atoms with Crippen LogP contribution in [0.3, 0.4) is 0 Å². The first-order valence-electron chi connectivity index (χ1n) is 10.2. The smallest absolute Gasteiger partial charge is 0.224 e. The normalized spacial score (nSPS) is 14.3. The molecule has 1 saturated heterocycles. The zero-order valence-electron chi connectivity index (χ0n) is 16.8. The Hall–Kier alpha value is -3.04. The number of hydrogen-bond acceptors (Lipinski definition) is 6. The summed E-state index contributed by atoms with van der Waals surface area (Å²) in [7, 11) is 0. The van der Waals surface area contributed by atoms with Crippen molar-refractivity contribution in [3.8, 4) is 0 Å². The molecule has 0 bridgehead atoms. The Bertz CT molecular complexity index is 1250. The number of anilines is 2. The quantitative estimate of drug-likeness (QED) is 0.468. The number of aromatic nitrogens is 4. The number of nitrogens with zero attached hydrogens (tertiary/aromatic N) is 5. The molecule has 158 valence electrons. The first kappa shape index (κ1) is 19.9. The lowest BCUT2D eigenvalue weighted by atomic mass is 10.1. The van der Waals surface area contributed by atoms with Crippen LogP contribution in [-0.2, 0) is 16.1 Å². The van der Waals surface area contributed by atoms with Crippen LogP contribution in [0.25, 0.3) is 21.8 Å². The van der Waals surface area contributed by atoms with Crippen LogP contribution in [0.2, 0.25) is 0 Å². The molecule has 5 rings (SSSR count). The van der Waals surface area contributed by atoms with E-state index < -0.39 is 0 Å². The third-order valence-electron chi connectivity index (χ3n) is 5.39. The van der Waals surface area contributed by atoms with E-state index in [2.05, 4.69) is 36.3 Å². The molecule has 1 aliphatic heterocycles. The first-order valence-corrected chi connectivity index (χ1v) is 10.9. The number of amides is 1. The van der Waals surface area contributed by atoms with Crippen molar-refractivity contribution in [1.29, 1.82) is 0 Å². The fourth-order valence-corrected chi connectivity index (χ4v) is 4.18. The van der Waals surface area contributed by atoms with Gasteiger partial charge in [0.1, 0.15) is 12.1 Å². The summed E-state index contributed by atoms with van der Waals surface area (Å²) in [6, 6.07) is 12.0. The van der Waals surface area contributed by atoms with Crippen LogP contribution in [0.1, 0.15) is 6.42 Å². The van der Waals surface area contributed by atoms with E-state index in [1.165, 1.54) is 0 Å². The Morgan fingerprint density at radius 2 is 2.03 bits per heavy atom. The molecule has 0 unspecified atom stereocenters. The molecule has 2 aromatic heterocycles. The van der Waals surface area contributed by atoms with E-state index in [0.717, 1.165) is 37.8 Å². The maximum Gasteiger partial charge on any atom is 0.224 e.